The summed E-state index contributed by atoms with van der Waals surface area (Å²) in [6.45, 7) is 5.90. The number of thioether (sulfide) groups is 1. The zero-order chi connectivity index (χ0) is 24.7. The number of thiazole rings is 1. The molecule has 9 nitrogen and oxygen atoms in total. The Bertz CT molecular complexity index is 1610. The Kier molecular flexibility index (Phi) is 5.95. The number of para-hydroxylation sites is 1. The summed E-state index contributed by atoms with van der Waals surface area (Å²) < 4.78 is 2.00. The summed E-state index contributed by atoms with van der Waals surface area (Å²) in [7, 11) is 0. The Morgan fingerprint density at radius 2 is 1.94 bits per heavy atom. The molecule has 35 heavy (non-hydrogen) atoms. The number of nitrogens with one attached hydrogen (secondary N) is 1. The Balaban J connectivity index is 1.36. The molecular formula is C24H20N6O3S2. The largest absolute Gasteiger partial charge is 0.301 e. The highest BCUT2D eigenvalue weighted by atomic mass is 32.2. The third kappa shape index (κ3) is 4.35. The van der Waals surface area contributed by atoms with Gasteiger partial charge >= 0.3 is 0 Å². The number of nitrogens with zero attached hydrogens (tertiary/aromatic N) is 5. The maximum Gasteiger partial charge on any atom is 0.270 e. The van der Waals surface area contributed by atoms with E-state index >= 15 is 0 Å². The van der Waals surface area contributed by atoms with Crippen molar-refractivity contribution in [1.82, 2.24) is 19.6 Å². The average Bonchev–Trinajstić information content (AvgIpc) is 3.46. The number of aryl methyl sites for hydroxylation is 2. The molecule has 5 aromatic rings. The molecule has 2 aromatic carbocycles. The van der Waals surface area contributed by atoms with E-state index in [1.54, 1.807) is 24.4 Å². The van der Waals surface area contributed by atoms with Gasteiger partial charge in [0.15, 0.2) is 15.9 Å². The minimum atomic E-state index is -0.465. The van der Waals surface area contributed by atoms with Crippen LogP contribution in [-0.2, 0) is 4.79 Å². The lowest BCUT2D eigenvalue weighted by Gasteiger charge is -2.12. The highest BCUT2D eigenvalue weighted by molar-refractivity contribution is 8.00. The van der Waals surface area contributed by atoms with Gasteiger partial charge in [-0.1, -0.05) is 42.1 Å². The quantitative estimate of drug-likeness (QED) is 0.180. The summed E-state index contributed by atoms with van der Waals surface area (Å²) >= 11 is 2.59. The van der Waals surface area contributed by atoms with Crippen LogP contribution in [0.15, 0.2) is 59.1 Å². The predicted molar refractivity (Wildman–Crippen MR) is 138 cm³/mol. The minimum absolute atomic E-state index is 0.00963. The highest BCUT2D eigenvalue weighted by Gasteiger charge is 2.21. The van der Waals surface area contributed by atoms with Gasteiger partial charge in [0.1, 0.15) is 0 Å². The molecule has 3 aromatic heterocycles. The molecule has 3 heterocycles. The third-order valence-electron chi connectivity index (χ3n) is 5.63. The molecule has 0 spiro atoms. The van der Waals surface area contributed by atoms with E-state index in [0.29, 0.717) is 21.5 Å². The van der Waals surface area contributed by atoms with Crippen LogP contribution in [0, 0.1) is 24.0 Å². The molecular weight excluding hydrogens is 484 g/mol. The number of fused-ring (bicyclic) bond motifs is 3. The first kappa shape index (κ1) is 22.9. The van der Waals surface area contributed by atoms with E-state index in [4.69, 9.17) is 0 Å². The Morgan fingerprint density at radius 3 is 2.74 bits per heavy atom. The lowest BCUT2D eigenvalue weighted by Crippen LogP contribution is -2.22. The van der Waals surface area contributed by atoms with E-state index in [-0.39, 0.29) is 11.6 Å². The topological polar surface area (TPSA) is 115 Å². The number of non-ortho nitro benzene ring substituents is 1. The van der Waals surface area contributed by atoms with Crippen LogP contribution in [0.1, 0.15) is 18.1 Å². The minimum Gasteiger partial charge on any atom is -0.301 e. The lowest BCUT2D eigenvalue weighted by molar-refractivity contribution is -0.384. The number of carbonyl (C=O) groups is 1. The molecule has 1 amide bonds. The molecule has 0 radical (unpaired) electrons. The standard InChI is InChI=1S/C24H20N6O3S2/c1-13-6-4-9-18-14(2)10-20-27-28-24(29(20)21(13)18)35-15(3)22(31)26-23-25-19(12-34-23)16-7-5-8-17(11-16)30(32)33/h4-12,15H,1-3H3,(H,25,26,31). The molecule has 0 fully saturated rings. The van der Waals surface area contributed by atoms with Crippen LogP contribution in [-0.4, -0.2) is 35.7 Å². The van der Waals surface area contributed by atoms with Gasteiger partial charge in [-0.15, -0.1) is 21.5 Å². The fourth-order valence-corrected chi connectivity index (χ4v) is 5.45. The fourth-order valence-electron chi connectivity index (χ4n) is 3.87. The summed E-state index contributed by atoms with van der Waals surface area (Å²) in [4.78, 5) is 28.0. The van der Waals surface area contributed by atoms with Crippen LogP contribution < -0.4 is 5.32 Å². The van der Waals surface area contributed by atoms with Crippen molar-refractivity contribution in [3.8, 4) is 11.3 Å². The van der Waals surface area contributed by atoms with Gasteiger partial charge in [-0.05, 0) is 38.0 Å². The molecule has 11 heteroatoms. The zero-order valence-corrected chi connectivity index (χ0v) is 20.7. The van der Waals surface area contributed by atoms with Crippen LogP contribution in [0.2, 0.25) is 0 Å². The molecule has 0 saturated heterocycles. The van der Waals surface area contributed by atoms with Crippen molar-refractivity contribution in [2.45, 2.75) is 31.2 Å². The molecule has 0 aliphatic rings. The number of amides is 1. The van der Waals surface area contributed by atoms with Crippen molar-refractivity contribution < 1.29 is 9.72 Å². The Morgan fingerprint density at radius 1 is 1.14 bits per heavy atom. The number of hydrogen-bond acceptors (Lipinski definition) is 8. The maximum atomic E-state index is 12.9. The van der Waals surface area contributed by atoms with E-state index < -0.39 is 10.2 Å². The smallest absolute Gasteiger partial charge is 0.270 e. The molecule has 0 bridgehead atoms. The summed E-state index contributed by atoms with van der Waals surface area (Å²) in [6, 6.07) is 14.4. The number of pyridine rings is 1. The van der Waals surface area contributed by atoms with Crippen molar-refractivity contribution in [3.63, 3.8) is 0 Å². The van der Waals surface area contributed by atoms with Crippen LogP contribution in [0.3, 0.4) is 0 Å². The SMILES string of the molecule is Cc1cc2nnc(SC(C)C(=O)Nc3nc(-c4cccc([N+](=O)[O-])c4)cs3)n2c2c(C)cccc12. The zero-order valence-electron chi connectivity index (χ0n) is 19.1. The number of aromatic nitrogens is 4. The van der Waals surface area contributed by atoms with Crippen molar-refractivity contribution in [2.75, 3.05) is 5.32 Å². The van der Waals surface area contributed by atoms with Gasteiger partial charge in [0.2, 0.25) is 5.91 Å². The van der Waals surface area contributed by atoms with Crippen LogP contribution >= 0.6 is 23.1 Å². The summed E-state index contributed by atoms with van der Waals surface area (Å²) in [5, 5.41) is 26.0. The number of benzene rings is 2. The highest BCUT2D eigenvalue weighted by Crippen LogP contribution is 2.31. The third-order valence-corrected chi connectivity index (χ3v) is 7.43. The van der Waals surface area contributed by atoms with Crippen molar-refractivity contribution in [3.05, 3.63) is 75.2 Å². The van der Waals surface area contributed by atoms with Crippen LogP contribution in [0.4, 0.5) is 10.8 Å². The first-order valence-electron chi connectivity index (χ1n) is 10.7. The van der Waals surface area contributed by atoms with E-state index in [1.165, 1.54) is 35.2 Å². The number of nitro groups is 1. The molecule has 0 aliphatic heterocycles. The second-order valence-corrected chi connectivity index (χ2v) is 10.2. The first-order chi connectivity index (χ1) is 16.8. The van der Waals surface area contributed by atoms with Crippen molar-refractivity contribution >= 4 is 56.4 Å². The second-order valence-electron chi connectivity index (χ2n) is 8.07. The normalized spacial score (nSPS) is 12.2. The molecule has 0 saturated carbocycles. The van der Waals surface area contributed by atoms with Gasteiger partial charge < -0.3 is 5.32 Å². The van der Waals surface area contributed by atoms with Crippen LogP contribution in [0.5, 0.6) is 0 Å². The van der Waals surface area contributed by atoms with Gasteiger partial charge in [-0.25, -0.2) is 4.98 Å². The molecule has 5 rings (SSSR count). The van der Waals surface area contributed by atoms with E-state index in [2.05, 4.69) is 33.5 Å². The number of carbonyl (C=O) groups excluding carboxylic acids is 1. The predicted octanol–water partition coefficient (Wildman–Crippen LogP) is 5.65. The summed E-state index contributed by atoms with van der Waals surface area (Å²) in [5.41, 5.74) is 5.16. The first-order valence-corrected chi connectivity index (χ1v) is 12.5. The molecule has 1 N–H and O–H groups in total. The number of hydrogen-bond donors (Lipinski definition) is 1. The van der Waals surface area contributed by atoms with Gasteiger partial charge in [0.25, 0.3) is 5.69 Å². The number of rotatable bonds is 6. The average molecular weight is 505 g/mol. The fraction of sp³-hybridized carbons (Fsp3) is 0.167. The van der Waals surface area contributed by atoms with Crippen molar-refractivity contribution in [2.24, 2.45) is 0 Å². The Labute approximate surface area is 208 Å². The molecule has 1 unspecified atom stereocenters. The van der Waals surface area contributed by atoms with E-state index in [1.807, 2.05) is 29.5 Å². The lowest BCUT2D eigenvalue weighted by atomic mass is 10.1. The monoisotopic (exact) mass is 504 g/mol. The van der Waals surface area contributed by atoms with Gasteiger partial charge in [-0.3, -0.25) is 19.3 Å². The number of anilines is 1. The van der Waals surface area contributed by atoms with E-state index in [0.717, 1.165) is 27.7 Å². The van der Waals surface area contributed by atoms with Crippen LogP contribution in [0.25, 0.3) is 27.8 Å². The van der Waals surface area contributed by atoms with Gasteiger partial charge in [-0.2, -0.15) is 0 Å². The second kappa shape index (κ2) is 9.08. The van der Waals surface area contributed by atoms with Crippen molar-refractivity contribution in [1.29, 1.82) is 0 Å². The molecule has 0 aliphatic carbocycles. The van der Waals surface area contributed by atoms with E-state index in [9.17, 15) is 14.9 Å². The number of nitro benzene ring substituents is 1. The van der Waals surface area contributed by atoms with Gasteiger partial charge in [0, 0.05) is 28.5 Å². The maximum absolute atomic E-state index is 12.9. The molecule has 176 valence electrons. The van der Waals surface area contributed by atoms with Gasteiger partial charge in [0.05, 0.1) is 21.4 Å². The molecule has 1 atom stereocenters. The summed E-state index contributed by atoms with van der Waals surface area (Å²) in [5.74, 6) is -0.222. The summed E-state index contributed by atoms with van der Waals surface area (Å²) in [6.07, 6.45) is 0. The Hall–Kier alpha value is -3.83.